The number of benzene rings is 1. The van der Waals surface area contributed by atoms with E-state index in [4.69, 9.17) is 13.6 Å². The van der Waals surface area contributed by atoms with Crippen molar-refractivity contribution < 1.29 is 18.0 Å². The summed E-state index contributed by atoms with van der Waals surface area (Å²) in [5.41, 5.74) is 0.469. The lowest BCUT2D eigenvalue weighted by Gasteiger charge is -2.35. The van der Waals surface area contributed by atoms with E-state index in [0.29, 0.717) is 16.7 Å². The van der Waals surface area contributed by atoms with Gasteiger partial charge in [0.1, 0.15) is 11.3 Å². The molecule has 5 heteroatoms. The van der Waals surface area contributed by atoms with E-state index in [1.54, 1.807) is 25.3 Å². The summed E-state index contributed by atoms with van der Waals surface area (Å²) in [4.78, 5) is 0. The lowest BCUT2D eigenvalue weighted by atomic mass is 10.2. The summed E-state index contributed by atoms with van der Waals surface area (Å²) in [5.74, 6) is 0.851. The molecule has 0 radical (unpaired) electrons. The number of hydrogen-bond acceptors (Lipinski definition) is 3. The molecule has 0 atom stereocenters. The number of methoxy groups -OCH3 is 1. The molecule has 1 aromatic heterocycles. The third kappa shape index (κ3) is 2.54. The van der Waals surface area contributed by atoms with Gasteiger partial charge in [0, 0.05) is 0 Å². The fourth-order valence-corrected chi connectivity index (χ4v) is 2.66. The van der Waals surface area contributed by atoms with Gasteiger partial charge in [-0.1, -0.05) is 20.8 Å². The van der Waals surface area contributed by atoms with Gasteiger partial charge >= 0.3 is 6.01 Å². The molecule has 2 rings (SSSR count). The van der Waals surface area contributed by atoms with Gasteiger partial charge in [0.15, 0.2) is 5.75 Å². The average molecular weight is 296 g/mol. The number of hydrogen-bond donors (Lipinski definition) is 0. The summed E-state index contributed by atoms with van der Waals surface area (Å²) in [6, 6.07) is 4.50. The highest BCUT2D eigenvalue weighted by atomic mass is 28.4. The molecule has 0 N–H and O–H groups in total. The fraction of sp³-hybridized carbons (Fsp3) is 0.467. The molecule has 2 aromatic rings. The Kier molecular flexibility index (Phi) is 3.58. The Morgan fingerprint density at radius 3 is 2.40 bits per heavy atom. The van der Waals surface area contributed by atoms with E-state index < -0.39 is 14.3 Å². The molecule has 0 saturated heterocycles. The summed E-state index contributed by atoms with van der Waals surface area (Å²) in [5, 5.41) is 0.605. The van der Waals surface area contributed by atoms with Crippen LogP contribution in [0.2, 0.25) is 18.1 Å². The zero-order chi connectivity index (χ0) is 15.1. The van der Waals surface area contributed by atoms with Gasteiger partial charge in [-0.05, 0) is 36.3 Å². The standard InChI is InChI=1S/C15H21FO3Si/c1-15(2,3)20(5,6)19-13-11-9-10(17-4)7-8-12(11)18-14(13)16/h7-9H,1-6H3. The first-order valence-electron chi connectivity index (χ1n) is 6.61. The normalized spacial score (nSPS) is 12.8. The zero-order valence-electron chi connectivity index (χ0n) is 12.8. The molecule has 0 aliphatic rings. The highest BCUT2D eigenvalue weighted by molar-refractivity contribution is 6.74. The highest BCUT2D eigenvalue weighted by Crippen LogP contribution is 2.41. The molecule has 0 amide bonds. The maximum absolute atomic E-state index is 14.0. The van der Waals surface area contributed by atoms with Crippen LogP contribution in [0.3, 0.4) is 0 Å². The lowest BCUT2D eigenvalue weighted by Crippen LogP contribution is -2.44. The molecule has 3 nitrogen and oxygen atoms in total. The van der Waals surface area contributed by atoms with Gasteiger partial charge in [-0.15, -0.1) is 0 Å². The fourth-order valence-electron chi connectivity index (χ4n) is 1.65. The van der Waals surface area contributed by atoms with Crippen molar-refractivity contribution in [1.29, 1.82) is 0 Å². The second-order valence-corrected chi connectivity index (χ2v) is 11.2. The second kappa shape index (κ2) is 4.81. The predicted octanol–water partition coefficient (Wildman–Crippen LogP) is 4.96. The maximum atomic E-state index is 14.0. The summed E-state index contributed by atoms with van der Waals surface area (Å²) >= 11 is 0. The van der Waals surface area contributed by atoms with Crippen LogP contribution in [0.25, 0.3) is 11.0 Å². The van der Waals surface area contributed by atoms with Crippen molar-refractivity contribution in [2.45, 2.75) is 38.9 Å². The van der Waals surface area contributed by atoms with Gasteiger partial charge < -0.3 is 13.6 Å². The maximum Gasteiger partial charge on any atom is 0.320 e. The first kappa shape index (κ1) is 14.9. The average Bonchev–Trinajstić information content (AvgIpc) is 2.63. The second-order valence-electron chi connectivity index (χ2n) is 6.43. The molecule has 0 spiro atoms. The minimum Gasteiger partial charge on any atom is -0.539 e. The van der Waals surface area contributed by atoms with Crippen molar-refractivity contribution in [2.75, 3.05) is 7.11 Å². The van der Waals surface area contributed by atoms with Gasteiger partial charge in [-0.25, -0.2) is 0 Å². The molecular weight excluding hydrogens is 275 g/mol. The summed E-state index contributed by atoms with van der Waals surface area (Å²) in [7, 11) is -0.551. The molecule has 1 aromatic carbocycles. The minimum atomic E-state index is -2.13. The Morgan fingerprint density at radius 2 is 1.85 bits per heavy atom. The largest absolute Gasteiger partial charge is 0.539 e. The van der Waals surface area contributed by atoms with Crippen molar-refractivity contribution in [3.05, 3.63) is 24.2 Å². The number of furan rings is 1. The Balaban J connectivity index is 2.51. The molecule has 20 heavy (non-hydrogen) atoms. The molecule has 1 heterocycles. The van der Waals surface area contributed by atoms with Crippen LogP contribution in [0.4, 0.5) is 4.39 Å². The third-order valence-electron chi connectivity index (χ3n) is 3.97. The van der Waals surface area contributed by atoms with Crippen molar-refractivity contribution in [3.63, 3.8) is 0 Å². The van der Waals surface area contributed by atoms with E-state index in [2.05, 4.69) is 33.9 Å². The van der Waals surface area contributed by atoms with Gasteiger partial charge in [-0.3, -0.25) is 0 Å². The quantitative estimate of drug-likeness (QED) is 0.750. The van der Waals surface area contributed by atoms with E-state index in [9.17, 15) is 4.39 Å². The Morgan fingerprint density at radius 1 is 1.20 bits per heavy atom. The number of halogens is 1. The van der Waals surface area contributed by atoms with Crippen molar-refractivity contribution in [3.8, 4) is 11.5 Å². The SMILES string of the molecule is COc1ccc2oc(F)c(O[Si](C)(C)C(C)(C)C)c2c1. The summed E-state index contributed by atoms with van der Waals surface area (Å²) < 4.78 is 30.4. The topological polar surface area (TPSA) is 31.6 Å². The van der Waals surface area contributed by atoms with Crippen LogP contribution < -0.4 is 9.16 Å². The lowest BCUT2D eigenvalue weighted by molar-refractivity contribution is 0.347. The van der Waals surface area contributed by atoms with Gasteiger partial charge in [0.2, 0.25) is 0 Å². The molecule has 0 aliphatic heterocycles. The molecule has 0 fully saturated rings. The van der Waals surface area contributed by atoms with E-state index >= 15 is 0 Å². The third-order valence-corrected chi connectivity index (χ3v) is 8.30. The molecular formula is C15H21FO3Si. The van der Waals surface area contributed by atoms with E-state index in [0.717, 1.165) is 0 Å². The van der Waals surface area contributed by atoms with Crippen LogP contribution in [-0.4, -0.2) is 15.4 Å². The van der Waals surface area contributed by atoms with Crippen molar-refractivity contribution >= 4 is 19.3 Å². The number of rotatable bonds is 3. The Bertz CT molecular complexity index is 626. The van der Waals surface area contributed by atoms with E-state index in [-0.39, 0.29) is 10.8 Å². The van der Waals surface area contributed by atoms with Gasteiger partial charge in [-0.2, -0.15) is 4.39 Å². The number of fused-ring (bicyclic) bond motifs is 1. The zero-order valence-corrected chi connectivity index (χ0v) is 13.8. The minimum absolute atomic E-state index is 0.0120. The van der Waals surface area contributed by atoms with Crippen LogP contribution in [0, 0.1) is 6.01 Å². The van der Waals surface area contributed by atoms with Gasteiger partial charge in [0.05, 0.1) is 12.5 Å². The molecule has 0 saturated carbocycles. The molecule has 0 aliphatic carbocycles. The van der Waals surface area contributed by atoms with Crippen LogP contribution in [0.1, 0.15) is 20.8 Å². The molecule has 110 valence electrons. The number of ether oxygens (including phenoxy) is 1. The molecule has 0 unspecified atom stereocenters. The van der Waals surface area contributed by atoms with Crippen LogP contribution >= 0.6 is 0 Å². The monoisotopic (exact) mass is 296 g/mol. The first-order valence-corrected chi connectivity index (χ1v) is 9.51. The van der Waals surface area contributed by atoms with Crippen LogP contribution in [0.15, 0.2) is 22.6 Å². The predicted molar refractivity (Wildman–Crippen MR) is 80.5 cm³/mol. The first-order chi connectivity index (χ1) is 9.15. The smallest absolute Gasteiger partial charge is 0.320 e. The summed E-state index contributed by atoms with van der Waals surface area (Å²) in [6.07, 6.45) is 0. The molecule has 0 bridgehead atoms. The highest BCUT2D eigenvalue weighted by Gasteiger charge is 2.40. The van der Waals surface area contributed by atoms with Gasteiger partial charge in [0.25, 0.3) is 8.32 Å². The van der Waals surface area contributed by atoms with Crippen LogP contribution in [-0.2, 0) is 0 Å². The summed E-state index contributed by atoms with van der Waals surface area (Å²) in [6.45, 7) is 10.5. The van der Waals surface area contributed by atoms with Crippen molar-refractivity contribution in [1.82, 2.24) is 0 Å². The Hall–Kier alpha value is -1.49. The van der Waals surface area contributed by atoms with E-state index in [1.807, 2.05) is 0 Å². The van der Waals surface area contributed by atoms with Crippen molar-refractivity contribution in [2.24, 2.45) is 0 Å². The Labute approximate surface area is 119 Å². The van der Waals surface area contributed by atoms with E-state index in [1.165, 1.54) is 0 Å². The van der Waals surface area contributed by atoms with Crippen LogP contribution in [0.5, 0.6) is 11.5 Å².